The maximum Gasteiger partial charge on any atom is 0.345 e. The van der Waals surface area contributed by atoms with Gasteiger partial charge in [-0.2, -0.15) is 0 Å². The third-order valence-corrected chi connectivity index (χ3v) is 7.65. The van der Waals surface area contributed by atoms with Crippen LogP contribution >= 0.6 is 23.2 Å². The van der Waals surface area contributed by atoms with E-state index in [-0.39, 0.29) is 51.8 Å². The molecule has 1 saturated heterocycles. The molecule has 156 valence electrons. The van der Waals surface area contributed by atoms with E-state index in [1.165, 1.54) is 17.0 Å². The lowest BCUT2D eigenvalue weighted by Crippen LogP contribution is -2.40. The van der Waals surface area contributed by atoms with Crippen LogP contribution in [0.2, 0.25) is 10.0 Å². The Bertz CT molecular complexity index is 1160. The summed E-state index contributed by atoms with van der Waals surface area (Å²) in [6, 6.07) is 11.0. The van der Waals surface area contributed by atoms with E-state index >= 15 is 0 Å². The van der Waals surface area contributed by atoms with E-state index in [9.17, 15) is 14.4 Å². The molecule has 0 aromatic heterocycles. The van der Waals surface area contributed by atoms with Crippen LogP contribution in [0.4, 0.5) is 5.69 Å². The average molecular weight is 454 g/mol. The van der Waals surface area contributed by atoms with Crippen molar-refractivity contribution in [1.29, 1.82) is 0 Å². The molecule has 4 aliphatic carbocycles. The van der Waals surface area contributed by atoms with Gasteiger partial charge in [0.25, 0.3) is 0 Å². The summed E-state index contributed by atoms with van der Waals surface area (Å²) < 4.78 is 5.46. The minimum Gasteiger partial charge on any atom is -0.423 e. The molecule has 5 aliphatic rings. The molecule has 2 aromatic rings. The van der Waals surface area contributed by atoms with E-state index in [0.717, 1.165) is 6.42 Å². The Morgan fingerprint density at radius 2 is 1.61 bits per heavy atom. The SMILES string of the molecule is O=C(Oc1cccc(N2C(=O)[C@@H]3[C@@H]4C=C[C@H]([C@H]5C[C@H]45)[C@@H]3C2=O)c1)c1ccc(Cl)cc1Cl. The van der Waals surface area contributed by atoms with Crippen LogP contribution in [0.15, 0.2) is 54.6 Å². The molecule has 0 radical (unpaired) electrons. The Kier molecular flexibility index (Phi) is 4.11. The van der Waals surface area contributed by atoms with E-state index in [0.29, 0.717) is 22.5 Å². The molecule has 0 spiro atoms. The van der Waals surface area contributed by atoms with Crippen LogP contribution < -0.4 is 9.64 Å². The third-order valence-electron chi connectivity index (χ3n) is 7.10. The van der Waals surface area contributed by atoms with Crippen LogP contribution in [0.5, 0.6) is 5.75 Å². The van der Waals surface area contributed by atoms with Crippen LogP contribution in [0, 0.1) is 35.5 Å². The van der Waals surface area contributed by atoms with Crippen LogP contribution in [0.3, 0.4) is 0 Å². The molecular formula is C24H17Cl2NO4. The van der Waals surface area contributed by atoms with Crippen LogP contribution in [0.25, 0.3) is 0 Å². The molecule has 2 saturated carbocycles. The second-order valence-electron chi connectivity index (χ2n) is 8.68. The van der Waals surface area contributed by atoms with Gasteiger partial charge in [-0.05, 0) is 60.4 Å². The number of nitrogens with zero attached hydrogens (tertiary/aromatic N) is 1. The van der Waals surface area contributed by atoms with E-state index in [1.807, 2.05) is 0 Å². The Morgan fingerprint density at radius 3 is 2.26 bits per heavy atom. The molecule has 2 aromatic carbocycles. The number of ether oxygens (including phenoxy) is 1. The van der Waals surface area contributed by atoms with Gasteiger partial charge in [-0.3, -0.25) is 9.59 Å². The van der Waals surface area contributed by atoms with Crippen molar-refractivity contribution in [1.82, 2.24) is 0 Å². The first-order valence-corrected chi connectivity index (χ1v) is 11.0. The van der Waals surface area contributed by atoms with Gasteiger partial charge in [0.15, 0.2) is 0 Å². The van der Waals surface area contributed by atoms with Crippen molar-refractivity contribution in [3.63, 3.8) is 0 Å². The van der Waals surface area contributed by atoms with E-state index in [2.05, 4.69) is 12.2 Å². The Hall–Kier alpha value is -2.63. The summed E-state index contributed by atoms with van der Waals surface area (Å²) in [6.07, 6.45) is 5.40. The molecule has 1 aliphatic heterocycles. The van der Waals surface area contributed by atoms with Crippen molar-refractivity contribution in [2.24, 2.45) is 35.5 Å². The Morgan fingerprint density at radius 1 is 0.935 bits per heavy atom. The number of benzene rings is 2. The van der Waals surface area contributed by atoms with Crippen molar-refractivity contribution in [2.75, 3.05) is 4.90 Å². The fourth-order valence-electron chi connectivity index (χ4n) is 5.71. The number of allylic oxidation sites excluding steroid dienone is 2. The van der Waals surface area contributed by atoms with Gasteiger partial charge in [0.05, 0.1) is 28.1 Å². The summed E-state index contributed by atoms with van der Waals surface area (Å²) in [5.74, 6) is 0.156. The fourth-order valence-corrected chi connectivity index (χ4v) is 6.20. The molecule has 3 fully saturated rings. The second kappa shape index (κ2) is 6.68. The number of carbonyl (C=O) groups is 3. The second-order valence-corrected chi connectivity index (χ2v) is 9.52. The zero-order valence-electron chi connectivity index (χ0n) is 16.2. The molecular weight excluding hydrogens is 437 g/mol. The maximum absolute atomic E-state index is 13.3. The molecule has 2 amide bonds. The number of halogens is 2. The number of anilines is 1. The fraction of sp³-hybridized carbons (Fsp3) is 0.292. The van der Waals surface area contributed by atoms with Gasteiger partial charge in [-0.1, -0.05) is 41.4 Å². The predicted octanol–water partition coefficient (Wildman–Crippen LogP) is 4.77. The van der Waals surface area contributed by atoms with Gasteiger partial charge < -0.3 is 4.74 Å². The topological polar surface area (TPSA) is 63.7 Å². The monoisotopic (exact) mass is 453 g/mol. The number of imide groups is 1. The maximum atomic E-state index is 13.3. The lowest BCUT2D eigenvalue weighted by molar-refractivity contribution is -0.124. The van der Waals surface area contributed by atoms with E-state index in [1.54, 1.807) is 30.3 Å². The van der Waals surface area contributed by atoms with Crippen LogP contribution in [-0.4, -0.2) is 17.8 Å². The molecule has 5 nitrogen and oxygen atoms in total. The first-order valence-electron chi connectivity index (χ1n) is 10.3. The summed E-state index contributed by atoms with van der Waals surface area (Å²) in [4.78, 5) is 40.4. The molecule has 0 unspecified atom stereocenters. The highest BCUT2D eigenvalue weighted by atomic mass is 35.5. The quantitative estimate of drug-likeness (QED) is 0.290. The summed E-state index contributed by atoms with van der Waals surface area (Å²) >= 11 is 12.0. The zero-order valence-corrected chi connectivity index (χ0v) is 17.7. The first-order chi connectivity index (χ1) is 14.9. The molecule has 1 heterocycles. The minimum absolute atomic E-state index is 0.149. The largest absolute Gasteiger partial charge is 0.423 e. The van der Waals surface area contributed by atoms with Gasteiger partial charge in [0, 0.05) is 11.1 Å². The van der Waals surface area contributed by atoms with Crippen molar-refractivity contribution in [3.05, 3.63) is 70.2 Å². The first kappa shape index (κ1) is 19.1. The predicted molar refractivity (Wildman–Crippen MR) is 115 cm³/mol. The van der Waals surface area contributed by atoms with Crippen molar-refractivity contribution in [2.45, 2.75) is 6.42 Å². The van der Waals surface area contributed by atoms with Gasteiger partial charge in [-0.25, -0.2) is 9.69 Å². The van der Waals surface area contributed by atoms with E-state index < -0.39 is 5.97 Å². The highest BCUT2D eigenvalue weighted by molar-refractivity contribution is 6.36. The summed E-state index contributed by atoms with van der Waals surface area (Å²) in [5, 5.41) is 0.598. The Labute approximate surface area is 188 Å². The number of rotatable bonds is 3. The zero-order chi connectivity index (χ0) is 21.4. The standard InChI is InChI=1S/C24H17Cl2NO4/c25-11-4-5-16(19(26)8-11)24(30)31-13-3-1-2-12(9-13)27-22(28)20-14-6-7-15(18-10-17(14)18)21(20)23(27)29/h1-9,14-15,17-18,20-21H,10H2/t14-,15-,17-,18-,20-,21+/m1/s1. The van der Waals surface area contributed by atoms with Gasteiger partial charge in [0.1, 0.15) is 5.75 Å². The summed E-state index contributed by atoms with van der Waals surface area (Å²) in [6.45, 7) is 0. The minimum atomic E-state index is -0.645. The van der Waals surface area contributed by atoms with Gasteiger partial charge >= 0.3 is 5.97 Å². The molecule has 7 rings (SSSR count). The summed E-state index contributed by atoms with van der Waals surface area (Å²) in [5.41, 5.74) is 0.600. The molecule has 2 bridgehead atoms. The average Bonchev–Trinajstić information content (AvgIpc) is 3.51. The lowest BCUT2D eigenvalue weighted by atomic mass is 9.63. The van der Waals surface area contributed by atoms with Crippen LogP contribution in [-0.2, 0) is 9.59 Å². The molecule has 6 atom stereocenters. The Balaban J connectivity index is 1.27. The number of hydrogen-bond donors (Lipinski definition) is 0. The lowest BCUT2D eigenvalue weighted by Gasteiger charge is -2.37. The molecule has 0 N–H and O–H groups in total. The number of hydrogen-bond acceptors (Lipinski definition) is 4. The van der Waals surface area contributed by atoms with E-state index in [4.69, 9.17) is 27.9 Å². The number of esters is 1. The smallest absolute Gasteiger partial charge is 0.345 e. The number of carbonyl (C=O) groups excluding carboxylic acids is 3. The van der Waals surface area contributed by atoms with Crippen molar-refractivity contribution >= 4 is 46.7 Å². The third kappa shape index (κ3) is 2.80. The van der Waals surface area contributed by atoms with Crippen LogP contribution in [0.1, 0.15) is 16.8 Å². The normalized spacial score (nSPS) is 32.1. The van der Waals surface area contributed by atoms with Gasteiger partial charge in [-0.15, -0.1) is 0 Å². The number of amides is 2. The highest BCUT2D eigenvalue weighted by Gasteiger charge is 2.67. The van der Waals surface area contributed by atoms with Gasteiger partial charge in [0.2, 0.25) is 11.8 Å². The summed E-state index contributed by atoms with van der Waals surface area (Å²) in [7, 11) is 0. The van der Waals surface area contributed by atoms with Crippen molar-refractivity contribution < 1.29 is 19.1 Å². The molecule has 7 heteroatoms. The van der Waals surface area contributed by atoms with Crippen molar-refractivity contribution in [3.8, 4) is 5.75 Å². The molecule has 31 heavy (non-hydrogen) atoms. The highest BCUT2D eigenvalue weighted by Crippen LogP contribution is 2.65.